The van der Waals surface area contributed by atoms with E-state index >= 15 is 4.39 Å². The highest BCUT2D eigenvalue weighted by Crippen LogP contribution is 2.41. The molecular formula is C25H23F4N3O3. The molecule has 35 heavy (non-hydrogen) atoms. The van der Waals surface area contributed by atoms with Gasteiger partial charge in [0.15, 0.2) is 0 Å². The fraction of sp³-hybridized carbons (Fsp3) is 0.280. The van der Waals surface area contributed by atoms with E-state index in [1.54, 1.807) is 0 Å². The lowest BCUT2D eigenvalue weighted by Gasteiger charge is -2.40. The Kier molecular flexibility index (Phi) is 6.93. The number of halogens is 4. The van der Waals surface area contributed by atoms with Gasteiger partial charge in [0.25, 0.3) is 5.91 Å². The number of pyridine rings is 1. The molecule has 0 unspecified atom stereocenters. The molecule has 1 fully saturated rings. The minimum absolute atomic E-state index is 0.130. The van der Waals surface area contributed by atoms with Crippen LogP contribution in [0.4, 0.5) is 23.2 Å². The first-order chi connectivity index (χ1) is 16.8. The summed E-state index contributed by atoms with van der Waals surface area (Å²) >= 11 is 0. The van der Waals surface area contributed by atoms with Crippen molar-refractivity contribution >= 4 is 11.6 Å². The summed E-state index contributed by atoms with van der Waals surface area (Å²) in [6.07, 6.45) is 5.69. The zero-order valence-corrected chi connectivity index (χ0v) is 18.8. The van der Waals surface area contributed by atoms with Crippen LogP contribution in [0, 0.1) is 28.7 Å². The summed E-state index contributed by atoms with van der Waals surface area (Å²) < 4.78 is 69.5. The van der Waals surface area contributed by atoms with Crippen LogP contribution in [-0.2, 0) is 0 Å². The lowest BCUT2D eigenvalue weighted by molar-refractivity contribution is 0.0670. The van der Waals surface area contributed by atoms with Crippen LogP contribution in [-0.4, -0.2) is 31.2 Å². The molecule has 2 aromatic carbocycles. The fourth-order valence-corrected chi connectivity index (χ4v) is 3.97. The van der Waals surface area contributed by atoms with E-state index in [4.69, 9.17) is 15.2 Å². The number of benzene rings is 2. The van der Waals surface area contributed by atoms with Gasteiger partial charge in [0.05, 0.1) is 36.6 Å². The Hall–Kier alpha value is -3.66. The summed E-state index contributed by atoms with van der Waals surface area (Å²) in [5.41, 5.74) is 3.30. The number of nitrogens with one attached hydrogen (secondary N) is 1. The second kappa shape index (κ2) is 9.91. The highest BCUT2D eigenvalue weighted by atomic mass is 19.1. The Morgan fingerprint density at radius 3 is 2.40 bits per heavy atom. The molecule has 0 radical (unpaired) electrons. The third-order valence-corrected chi connectivity index (χ3v) is 6.25. The molecule has 1 aromatic heterocycles. The molecule has 6 nitrogen and oxygen atoms in total. The van der Waals surface area contributed by atoms with Crippen molar-refractivity contribution in [2.24, 2.45) is 11.1 Å². The summed E-state index contributed by atoms with van der Waals surface area (Å²) in [6.45, 7) is 0.795. The van der Waals surface area contributed by atoms with E-state index in [9.17, 15) is 18.0 Å². The van der Waals surface area contributed by atoms with Gasteiger partial charge in [0, 0.05) is 36.4 Å². The van der Waals surface area contributed by atoms with Crippen LogP contribution in [0.3, 0.4) is 0 Å². The van der Waals surface area contributed by atoms with Crippen LogP contribution in [0.2, 0.25) is 0 Å². The van der Waals surface area contributed by atoms with E-state index in [0.717, 1.165) is 43.5 Å². The van der Waals surface area contributed by atoms with Gasteiger partial charge in [-0.05, 0) is 25.0 Å². The molecule has 1 heterocycles. The summed E-state index contributed by atoms with van der Waals surface area (Å²) in [4.78, 5) is 16.8. The van der Waals surface area contributed by atoms with Crippen molar-refractivity contribution in [2.45, 2.75) is 19.3 Å². The number of methoxy groups -OCH3 is 1. The van der Waals surface area contributed by atoms with E-state index in [1.807, 2.05) is 0 Å². The molecule has 1 saturated carbocycles. The standard InChI is InChI=1S/C25H23F4N3O3/c1-34-14-9-17(27)21(18(28)10-14)22-16(26)4-3-15(23(22)29)24(33)32-19-11-31-8-5-20(19)35-13-25(12-30)6-2-7-25/h3-5,8-11H,2,6-7,12-13,30H2,1H3,(H,32,33). The van der Waals surface area contributed by atoms with E-state index in [1.165, 1.54) is 25.6 Å². The lowest BCUT2D eigenvalue weighted by Crippen LogP contribution is -2.42. The quantitative estimate of drug-likeness (QED) is 0.432. The van der Waals surface area contributed by atoms with Gasteiger partial charge in [0.1, 0.15) is 40.5 Å². The van der Waals surface area contributed by atoms with Crippen LogP contribution < -0.4 is 20.5 Å². The maximum Gasteiger partial charge on any atom is 0.258 e. The normalized spacial score (nSPS) is 14.2. The molecule has 3 N–H and O–H groups in total. The van der Waals surface area contributed by atoms with Gasteiger partial charge in [-0.1, -0.05) is 6.42 Å². The number of carbonyl (C=O) groups excluding carboxylic acids is 1. The van der Waals surface area contributed by atoms with E-state index < -0.39 is 45.9 Å². The van der Waals surface area contributed by atoms with Crippen LogP contribution in [0.5, 0.6) is 11.5 Å². The van der Waals surface area contributed by atoms with E-state index in [2.05, 4.69) is 10.3 Å². The van der Waals surface area contributed by atoms with Crippen molar-refractivity contribution in [1.29, 1.82) is 0 Å². The average molecular weight is 489 g/mol. The fourth-order valence-electron chi connectivity index (χ4n) is 3.97. The number of aromatic nitrogens is 1. The zero-order valence-electron chi connectivity index (χ0n) is 18.8. The summed E-state index contributed by atoms with van der Waals surface area (Å²) in [5.74, 6) is -6.00. The first kappa shape index (κ1) is 24.5. The number of rotatable bonds is 8. The molecule has 0 aliphatic heterocycles. The number of hydrogen-bond donors (Lipinski definition) is 2. The first-order valence-corrected chi connectivity index (χ1v) is 10.9. The molecule has 1 aliphatic carbocycles. The van der Waals surface area contributed by atoms with Gasteiger partial charge >= 0.3 is 0 Å². The van der Waals surface area contributed by atoms with E-state index in [0.29, 0.717) is 18.9 Å². The number of hydrogen-bond acceptors (Lipinski definition) is 5. The van der Waals surface area contributed by atoms with Crippen molar-refractivity contribution in [3.8, 4) is 22.6 Å². The molecule has 4 rings (SSSR count). The van der Waals surface area contributed by atoms with Gasteiger partial charge in [-0.15, -0.1) is 0 Å². The maximum atomic E-state index is 15.3. The van der Waals surface area contributed by atoms with Crippen molar-refractivity contribution < 1.29 is 31.8 Å². The Balaban J connectivity index is 1.63. The second-order valence-corrected chi connectivity index (χ2v) is 8.42. The monoisotopic (exact) mass is 489 g/mol. The van der Waals surface area contributed by atoms with Crippen molar-refractivity contribution in [3.05, 3.63) is 71.6 Å². The average Bonchev–Trinajstić information content (AvgIpc) is 2.81. The van der Waals surface area contributed by atoms with Crippen LogP contribution in [0.25, 0.3) is 11.1 Å². The summed E-state index contributed by atoms with van der Waals surface area (Å²) in [5, 5.41) is 2.48. The molecule has 3 aromatic rings. The molecule has 0 spiro atoms. The Morgan fingerprint density at radius 1 is 1.09 bits per heavy atom. The van der Waals surface area contributed by atoms with Crippen LogP contribution in [0.1, 0.15) is 29.6 Å². The number of nitrogens with zero attached hydrogens (tertiary/aromatic N) is 1. The van der Waals surface area contributed by atoms with Crippen molar-refractivity contribution in [2.75, 3.05) is 25.6 Å². The minimum Gasteiger partial charge on any atom is -0.497 e. The molecular weight excluding hydrogens is 466 g/mol. The largest absolute Gasteiger partial charge is 0.497 e. The smallest absolute Gasteiger partial charge is 0.258 e. The summed E-state index contributed by atoms with van der Waals surface area (Å²) in [7, 11) is 1.19. The number of ether oxygens (including phenoxy) is 2. The first-order valence-electron chi connectivity index (χ1n) is 10.9. The maximum absolute atomic E-state index is 15.3. The van der Waals surface area contributed by atoms with Gasteiger partial charge < -0.3 is 20.5 Å². The molecule has 1 amide bonds. The SMILES string of the molecule is COc1cc(F)c(-c2c(F)ccc(C(=O)Nc3cnccc3OCC3(CN)CCC3)c2F)c(F)c1. The molecule has 0 atom stereocenters. The lowest BCUT2D eigenvalue weighted by atomic mass is 9.69. The zero-order chi connectivity index (χ0) is 25.2. The Bertz CT molecular complexity index is 1240. The molecule has 184 valence electrons. The van der Waals surface area contributed by atoms with Crippen molar-refractivity contribution in [3.63, 3.8) is 0 Å². The van der Waals surface area contributed by atoms with Gasteiger partial charge in [-0.25, -0.2) is 17.6 Å². The highest BCUT2D eigenvalue weighted by molar-refractivity contribution is 6.06. The number of nitrogens with two attached hydrogens (primary N) is 1. The molecule has 0 saturated heterocycles. The number of carbonyl (C=O) groups is 1. The van der Waals surface area contributed by atoms with Crippen molar-refractivity contribution in [1.82, 2.24) is 4.98 Å². The van der Waals surface area contributed by atoms with Gasteiger partial charge in [0.2, 0.25) is 0 Å². The predicted octanol–water partition coefficient (Wildman–Crippen LogP) is 5.07. The predicted molar refractivity (Wildman–Crippen MR) is 121 cm³/mol. The number of amides is 1. The Morgan fingerprint density at radius 2 is 1.80 bits per heavy atom. The van der Waals surface area contributed by atoms with Gasteiger partial charge in [-0.3, -0.25) is 9.78 Å². The minimum atomic E-state index is -1.42. The molecule has 0 bridgehead atoms. The third-order valence-electron chi connectivity index (χ3n) is 6.25. The summed E-state index contributed by atoms with van der Waals surface area (Å²) in [6, 6.07) is 4.77. The highest BCUT2D eigenvalue weighted by Gasteiger charge is 2.36. The van der Waals surface area contributed by atoms with Gasteiger partial charge in [-0.2, -0.15) is 0 Å². The second-order valence-electron chi connectivity index (χ2n) is 8.42. The van der Waals surface area contributed by atoms with Crippen LogP contribution in [0.15, 0.2) is 42.7 Å². The topological polar surface area (TPSA) is 86.5 Å². The van der Waals surface area contributed by atoms with E-state index in [-0.39, 0.29) is 16.9 Å². The number of anilines is 1. The van der Waals surface area contributed by atoms with Crippen LogP contribution >= 0.6 is 0 Å². The third kappa shape index (κ3) is 4.79. The molecule has 10 heteroatoms. The Labute approximate surface area is 199 Å². The molecule has 1 aliphatic rings.